The van der Waals surface area contributed by atoms with Crippen LogP contribution in [0.2, 0.25) is 0 Å². The fourth-order valence-electron chi connectivity index (χ4n) is 1.05. The van der Waals surface area contributed by atoms with Crippen LogP contribution in [0.4, 0.5) is 5.69 Å². The highest BCUT2D eigenvalue weighted by molar-refractivity contribution is 8.13. The van der Waals surface area contributed by atoms with E-state index in [-0.39, 0.29) is 15.8 Å². The van der Waals surface area contributed by atoms with Crippen molar-refractivity contribution in [3.05, 3.63) is 24.3 Å². The van der Waals surface area contributed by atoms with Crippen LogP contribution in [0.25, 0.3) is 0 Å². The molecule has 17 heavy (non-hydrogen) atoms. The summed E-state index contributed by atoms with van der Waals surface area (Å²) < 4.78 is 31.1. The van der Waals surface area contributed by atoms with Crippen molar-refractivity contribution < 1.29 is 13.0 Å². The highest BCUT2D eigenvalue weighted by Gasteiger charge is 2.14. The molecule has 0 saturated heterocycles. The Kier molecular flexibility index (Phi) is 4.51. The van der Waals surface area contributed by atoms with E-state index in [1.54, 1.807) is 18.5 Å². The molecule has 6 nitrogen and oxygen atoms in total. The molecule has 0 bridgehead atoms. The summed E-state index contributed by atoms with van der Waals surface area (Å²) in [6.45, 7) is 0. The van der Waals surface area contributed by atoms with Crippen LogP contribution in [-0.4, -0.2) is 24.4 Å². The Morgan fingerprint density at radius 3 is 2.71 bits per heavy atom. The van der Waals surface area contributed by atoms with Crippen molar-refractivity contribution in [1.29, 1.82) is 5.26 Å². The van der Waals surface area contributed by atoms with Gasteiger partial charge in [0, 0.05) is 0 Å². The minimum absolute atomic E-state index is 0.0714. The van der Waals surface area contributed by atoms with Gasteiger partial charge in [-0.3, -0.25) is 9.87 Å². The molecule has 0 aliphatic carbocycles. The molecule has 0 amide bonds. The summed E-state index contributed by atoms with van der Waals surface area (Å²) >= 11 is 1.15. The number of benzene rings is 1. The summed E-state index contributed by atoms with van der Waals surface area (Å²) in [4.78, 5) is 3.64. The number of rotatable bonds is 2. The van der Waals surface area contributed by atoms with E-state index in [9.17, 15) is 8.42 Å². The maximum Gasteiger partial charge on any atom is 0.296 e. The van der Waals surface area contributed by atoms with Crippen molar-refractivity contribution in [2.24, 2.45) is 4.99 Å². The van der Waals surface area contributed by atoms with E-state index in [0.29, 0.717) is 0 Å². The van der Waals surface area contributed by atoms with Crippen LogP contribution in [0.3, 0.4) is 0 Å². The number of aliphatic imine (C=N–C) groups is 1. The van der Waals surface area contributed by atoms with Gasteiger partial charge in [0.15, 0.2) is 11.4 Å². The van der Waals surface area contributed by atoms with Crippen molar-refractivity contribution in [1.82, 2.24) is 5.32 Å². The maximum absolute atomic E-state index is 11.1. The van der Waals surface area contributed by atoms with Gasteiger partial charge in [0.2, 0.25) is 0 Å². The van der Waals surface area contributed by atoms with Crippen molar-refractivity contribution in [2.75, 3.05) is 6.26 Å². The minimum atomic E-state index is -4.33. The summed E-state index contributed by atoms with van der Waals surface area (Å²) in [6.07, 6.45) is 3.36. The van der Waals surface area contributed by atoms with Gasteiger partial charge in [-0.25, -0.2) is 4.99 Å². The lowest BCUT2D eigenvalue weighted by Crippen LogP contribution is -2.12. The predicted octanol–water partition coefficient (Wildman–Crippen LogP) is 1.35. The van der Waals surface area contributed by atoms with E-state index >= 15 is 0 Å². The zero-order chi connectivity index (χ0) is 12.9. The second-order valence-corrected chi connectivity index (χ2v) is 4.99. The molecule has 1 aromatic rings. The molecule has 0 aliphatic heterocycles. The Morgan fingerprint density at radius 2 is 2.18 bits per heavy atom. The molecule has 0 unspecified atom stereocenters. The number of nitrogens with one attached hydrogen (secondary N) is 1. The topological polar surface area (TPSA) is 103 Å². The number of thioether (sulfide) groups is 1. The normalized spacial score (nSPS) is 11.9. The molecule has 1 rings (SSSR count). The first-order chi connectivity index (χ1) is 7.99. The summed E-state index contributed by atoms with van der Waals surface area (Å²) in [5, 5.41) is 11.0. The fourth-order valence-corrected chi connectivity index (χ4v) is 2.02. The molecule has 8 heteroatoms. The largest absolute Gasteiger partial charge is 0.296 e. The van der Waals surface area contributed by atoms with Crippen molar-refractivity contribution >= 4 is 32.7 Å². The minimum Gasteiger partial charge on any atom is -0.282 e. The monoisotopic (exact) mass is 271 g/mol. The molecule has 0 radical (unpaired) electrons. The zero-order valence-electron chi connectivity index (χ0n) is 8.78. The molecule has 0 spiro atoms. The third-order valence-corrected chi connectivity index (χ3v) is 3.20. The van der Waals surface area contributed by atoms with E-state index in [2.05, 4.69) is 10.3 Å². The Balaban J connectivity index is 3.29. The zero-order valence-corrected chi connectivity index (χ0v) is 10.4. The highest BCUT2D eigenvalue weighted by atomic mass is 32.2. The molecule has 90 valence electrons. The third-order valence-electron chi connectivity index (χ3n) is 1.72. The van der Waals surface area contributed by atoms with Crippen LogP contribution in [0, 0.1) is 11.5 Å². The number of hydrogen-bond acceptors (Lipinski definition) is 5. The van der Waals surface area contributed by atoms with Gasteiger partial charge in [-0.2, -0.15) is 13.7 Å². The van der Waals surface area contributed by atoms with Gasteiger partial charge in [-0.05, 0) is 18.4 Å². The Bertz CT molecular complexity index is 575. The molecular formula is C9H9N3O3S2. The number of nitriles is 1. The van der Waals surface area contributed by atoms with Gasteiger partial charge < -0.3 is 0 Å². The number of amidine groups is 1. The second kappa shape index (κ2) is 5.67. The van der Waals surface area contributed by atoms with E-state index in [1.165, 1.54) is 18.2 Å². The maximum atomic E-state index is 11.1. The molecule has 0 atom stereocenters. The summed E-state index contributed by atoms with van der Waals surface area (Å²) in [6, 6.07) is 5.72. The van der Waals surface area contributed by atoms with E-state index in [1.807, 2.05) is 0 Å². The number of hydrogen-bond donors (Lipinski definition) is 2. The molecule has 0 fully saturated rings. The lowest BCUT2D eigenvalue weighted by molar-refractivity contribution is 0.483. The van der Waals surface area contributed by atoms with Crippen LogP contribution >= 0.6 is 11.8 Å². The van der Waals surface area contributed by atoms with Crippen molar-refractivity contribution in [2.45, 2.75) is 4.90 Å². The quantitative estimate of drug-likeness (QED) is 0.277. The molecule has 1 aromatic carbocycles. The average molecular weight is 271 g/mol. The van der Waals surface area contributed by atoms with Crippen LogP contribution in [0.1, 0.15) is 0 Å². The van der Waals surface area contributed by atoms with E-state index in [0.717, 1.165) is 11.8 Å². The van der Waals surface area contributed by atoms with Crippen LogP contribution in [0.5, 0.6) is 0 Å². The Morgan fingerprint density at radius 1 is 1.53 bits per heavy atom. The summed E-state index contributed by atoms with van der Waals surface area (Å²) in [5.74, 6) is 0. The Hall–Kier alpha value is -1.56. The predicted molar refractivity (Wildman–Crippen MR) is 65.6 cm³/mol. The van der Waals surface area contributed by atoms with E-state index < -0.39 is 10.1 Å². The van der Waals surface area contributed by atoms with E-state index in [4.69, 9.17) is 9.81 Å². The Labute approximate surface area is 103 Å². The SMILES string of the molecule is CSC(=Nc1ccccc1S(=O)(=O)O)NC#N. The molecule has 0 aliphatic rings. The van der Waals surface area contributed by atoms with Crippen LogP contribution < -0.4 is 5.32 Å². The summed E-state index contributed by atoms with van der Waals surface area (Å²) in [7, 11) is -4.33. The smallest absolute Gasteiger partial charge is 0.282 e. The first kappa shape index (κ1) is 13.5. The number of nitrogens with zero attached hydrogens (tertiary/aromatic N) is 2. The molecule has 2 N–H and O–H groups in total. The van der Waals surface area contributed by atoms with Gasteiger partial charge >= 0.3 is 0 Å². The lowest BCUT2D eigenvalue weighted by Gasteiger charge is -2.03. The van der Waals surface area contributed by atoms with Gasteiger partial charge in [0.1, 0.15) is 4.90 Å². The summed E-state index contributed by atoms with van der Waals surface area (Å²) in [5.41, 5.74) is 0.0714. The van der Waals surface area contributed by atoms with Gasteiger partial charge in [0.05, 0.1) is 5.69 Å². The first-order valence-electron chi connectivity index (χ1n) is 4.33. The third kappa shape index (κ3) is 3.74. The van der Waals surface area contributed by atoms with Crippen LogP contribution in [0.15, 0.2) is 34.2 Å². The van der Waals surface area contributed by atoms with Gasteiger partial charge in [-0.15, -0.1) is 0 Å². The fraction of sp³-hybridized carbons (Fsp3) is 0.111. The molecule has 0 saturated carbocycles. The lowest BCUT2D eigenvalue weighted by atomic mass is 10.3. The molecule has 0 heterocycles. The highest BCUT2D eigenvalue weighted by Crippen LogP contribution is 2.24. The molecule has 0 aromatic heterocycles. The van der Waals surface area contributed by atoms with Crippen molar-refractivity contribution in [3.8, 4) is 6.19 Å². The van der Waals surface area contributed by atoms with Crippen LogP contribution in [-0.2, 0) is 10.1 Å². The number of para-hydroxylation sites is 1. The first-order valence-corrected chi connectivity index (χ1v) is 7.00. The standard InChI is InChI=1S/C9H9N3O3S2/c1-16-9(11-6-10)12-7-4-2-3-5-8(7)17(13,14)15/h2-5H,1H3,(H,11,12)(H,13,14,15). The average Bonchev–Trinajstić information content (AvgIpc) is 2.27. The van der Waals surface area contributed by atoms with Crippen molar-refractivity contribution in [3.63, 3.8) is 0 Å². The molecular weight excluding hydrogens is 262 g/mol. The van der Waals surface area contributed by atoms with Gasteiger partial charge in [0.25, 0.3) is 10.1 Å². The van der Waals surface area contributed by atoms with Gasteiger partial charge in [-0.1, -0.05) is 23.9 Å². The second-order valence-electron chi connectivity index (χ2n) is 2.80.